The highest BCUT2D eigenvalue weighted by Crippen LogP contribution is 2.12. The van der Waals surface area contributed by atoms with E-state index in [9.17, 15) is 19.8 Å². The quantitative estimate of drug-likeness (QED) is 0.504. The van der Waals surface area contributed by atoms with E-state index >= 15 is 0 Å². The number of benzene rings is 1. The summed E-state index contributed by atoms with van der Waals surface area (Å²) in [6.45, 7) is 5.90. The number of allylic oxidation sites excluding steroid dienone is 3. The van der Waals surface area contributed by atoms with Crippen molar-refractivity contribution in [2.24, 2.45) is 0 Å². The topological polar surface area (TPSA) is 86.6 Å². The maximum atomic E-state index is 12.0. The first-order valence-electron chi connectivity index (χ1n) is 7.89. The third-order valence-electron chi connectivity index (χ3n) is 3.46. The lowest BCUT2D eigenvalue weighted by Gasteiger charge is -2.14. The Labute approximate surface area is 142 Å². The highest BCUT2D eigenvalue weighted by atomic mass is 16.4. The summed E-state index contributed by atoms with van der Waals surface area (Å²) in [5.41, 5.74) is 2.86. The predicted molar refractivity (Wildman–Crippen MR) is 93.8 cm³/mol. The maximum Gasteiger partial charge on any atom is 0.326 e. The Morgan fingerprint density at radius 1 is 1.17 bits per heavy atom. The number of aromatic hydroxyl groups is 1. The van der Waals surface area contributed by atoms with Crippen LogP contribution >= 0.6 is 0 Å². The van der Waals surface area contributed by atoms with Crippen molar-refractivity contribution in [3.63, 3.8) is 0 Å². The molecule has 0 heterocycles. The van der Waals surface area contributed by atoms with Gasteiger partial charge in [0, 0.05) is 12.5 Å². The number of amides is 1. The Balaban J connectivity index is 2.64. The van der Waals surface area contributed by atoms with Crippen molar-refractivity contribution < 1.29 is 19.8 Å². The van der Waals surface area contributed by atoms with Crippen LogP contribution in [0.15, 0.2) is 47.6 Å². The summed E-state index contributed by atoms with van der Waals surface area (Å²) in [6, 6.07) is 5.24. The maximum absolute atomic E-state index is 12.0. The second kappa shape index (κ2) is 9.55. The smallest absolute Gasteiger partial charge is 0.326 e. The summed E-state index contributed by atoms with van der Waals surface area (Å²) in [6.07, 6.45) is 5.32. The monoisotopic (exact) mass is 331 g/mol. The molecule has 0 aliphatic rings. The van der Waals surface area contributed by atoms with Crippen LogP contribution in [0.3, 0.4) is 0 Å². The molecule has 5 nitrogen and oxygen atoms in total. The molecule has 0 unspecified atom stereocenters. The van der Waals surface area contributed by atoms with Crippen molar-refractivity contribution in [1.29, 1.82) is 0 Å². The predicted octanol–water partition coefficient (Wildman–Crippen LogP) is 3.20. The molecule has 1 aromatic carbocycles. The van der Waals surface area contributed by atoms with Crippen LogP contribution in [-0.2, 0) is 16.0 Å². The third kappa shape index (κ3) is 7.63. The van der Waals surface area contributed by atoms with E-state index in [1.54, 1.807) is 12.1 Å². The summed E-state index contributed by atoms with van der Waals surface area (Å²) in [4.78, 5) is 23.3. The summed E-state index contributed by atoms with van der Waals surface area (Å²) in [5.74, 6) is -1.38. The average molecular weight is 331 g/mol. The van der Waals surface area contributed by atoms with Crippen LogP contribution in [-0.4, -0.2) is 28.1 Å². The molecular formula is C19H25NO4. The molecule has 0 fully saturated rings. The molecule has 0 radical (unpaired) electrons. The van der Waals surface area contributed by atoms with E-state index in [-0.39, 0.29) is 12.2 Å². The molecular weight excluding hydrogens is 306 g/mol. The fourth-order valence-corrected chi connectivity index (χ4v) is 2.17. The zero-order valence-electron chi connectivity index (χ0n) is 14.4. The van der Waals surface area contributed by atoms with Crippen molar-refractivity contribution in [2.75, 3.05) is 0 Å². The third-order valence-corrected chi connectivity index (χ3v) is 3.46. The second-order valence-corrected chi connectivity index (χ2v) is 6.08. The molecule has 5 heteroatoms. The molecule has 0 bridgehead atoms. The van der Waals surface area contributed by atoms with Crippen LogP contribution in [0.4, 0.5) is 0 Å². The molecule has 0 aromatic heterocycles. The van der Waals surface area contributed by atoms with Crippen LogP contribution in [0.1, 0.15) is 39.2 Å². The van der Waals surface area contributed by atoms with Gasteiger partial charge in [-0.05, 0) is 51.3 Å². The van der Waals surface area contributed by atoms with Gasteiger partial charge in [0.2, 0.25) is 5.91 Å². The molecule has 1 rings (SSSR count). The van der Waals surface area contributed by atoms with Crippen LogP contribution in [0.2, 0.25) is 0 Å². The number of aliphatic carboxylic acids is 1. The van der Waals surface area contributed by atoms with E-state index < -0.39 is 17.9 Å². The molecule has 0 aliphatic carbocycles. The largest absolute Gasteiger partial charge is 0.508 e. The Bertz CT molecular complexity index is 625. The molecule has 0 spiro atoms. The number of rotatable bonds is 8. The van der Waals surface area contributed by atoms with Gasteiger partial charge in [-0.2, -0.15) is 0 Å². The number of phenolic OH excluding ortho intramolecular Hbond substituents is 1. The fourth-order valence-electron chi connectivity index (χ4n) is 2.17. The molecule has 3 N–H and O–H groups in total. The molecule has 0 saturated heterocycles. The van der Waals surface area contributed by atoms with Gasteiger partial charge < -0.3 is 15.5 Å². The zero-order chi connectivity index (χ0) is 18.1. The van der Waals surface area contributed by atoms with Crippen LogP contribution in [0.5, 0.6) is 5.75 Å². The first-order chi connectivity index (χ1) is 11.3. The first kappa shape index (κ1) is 19.5. The first-order valence-corrected chi connectivity index (χ1v) is 7.89. The van der Waals surface area contributed by atoms with E-state index in [4.69, 9.17) is 0 Å². The summed E-state index contributed by atoms with van der Waals surface area (Å²) >= 11 is 0. The minimum Gasteiger partial charge on any atom is -0.508 e. The Morgan fingerprint density at radius 2 is 1.79 bits per heavy atom. The number of carboxylic acid groups (broad SMARTS) is 1. The van der Waals surface area contributed by atoms with E-state index in [1.807, 2.05) is 20.8 Å². The van der Waals surface area contributed by atoms with Crippen molar-refractivity contribution in [3.05, 3.63) is 53.1 Å². The lowest BCUT2D eigenvalue weighted by Crippen LogP contribution is -2.41. The van der Waals surface area contributed by atoms with Crippen molar-refractivity contribution in [2.45, 2.75) is 46.1 Å². The number of hydrogen-bond acceptors (Lipinski definition) is 3. The molecule has 1 aromatic rings. The number of carbonyl (C=O) groups excluding carboxylic acids is 1. The van der Waals surface area contributed by atoms with Gasteiger partial charge in [-0.15, -0.1) is 0 Å². The van der Waals surface area contributed by atoms with Gasteiger partial charge in [-0.1, -0.05) is 29.4 Å². The van der Waals surface area contributed by atoms with E-state index in [0.717, 1.165) is 24.0 Å². The standard InChI is InChI=1S/C19H25NO4/c1-13(2)5-4-6-14(3)11-18(22)20-17(19(23)24)12-15-7-9-16(21)10-8-15/h5,7-11,17,21H,4,6,12H2,1-3H3,(H,20,22)(H,23,24)/t17-/m0/s1. The van der Waals surface area contributed by atoms with Crippen LogP contribution in [0, 0.1) is 0 Å². The highest BCUT2D eigenvalue weighted by Gasteiger charge is 2.19. The van der Waals surface area contributed by atoms with Gasteiger partial charge in [-0.3, -0.25) is 4.79 Å². The van der Waals surface area contributed by atoms with E-state index in [1.165, 1.54) is 23.8 Å². The van der Waals surface area contributed by atoms with Crippen molar-refractivity contribution >= 4 is 11.9 Å². The van der Waals surface area contributed by atoms with Gasteiger partial charge in [0.15, 0.2) is 0 Å². The van der Waals surface area contributed by atoms with Gasteiger partial charge in [-0.25, -0.2) is 4.79 Å². The molecule has 0 saturated carbocycles. The second-order valence-electron chi connectivity index (χ2n) is 6.08. The molecule has 1 atom stereocenters. The Hall–Kier alpha value is -2.56. The number of hydrogen-bond donors (Lipinski definition) is 3. The van der Waals surface area contributed by atoms with E-state index in [2.05, 4.69) is 11.4 Å². The lowest BCUT2D eigenvalue weighted by atomic mass is 10.1. The van der Waals surface area contributed by atoms with Crippen LogP contribution in [0.25, 0.3) is 0 Å². The number of nitrogens with one attached hydrogen (secondary N) is 1. The fraction of sp³-hybridized carbons (Fsp3) is 0.368. The highest BCUT2D eigenvalue weighted by molar-refractivity contribution is 5.91. The van der Waals surface area contributed by atoms with Gasteiger partial charge in [0.25, 0.3) is 0 Å². The summed E-state index contributed by atoms with van der Waals surface area (Å²) in [7, 11) is 0. The Kier molecular flexibility index (Phi) is 7.75. The summed E-state index contributed by atoms with van der Waals surface area (Å²) in [5, 5.41) is 21.1. The minimum atomic E-state index is -1.09. The average Bonchev–Trinajstić information content (AvgIpc) is 2.48. The Morgan fingerprint density at radius 3 is 2.33 bits per heavy atom. The van der Waals surface area contributed by atoms with Crippen molar-refractivity contribution in [3.8, 4) is 5.75 Å². The normalized spacial score (nSPS) is 12.4. The number of carbonyl (C=O) groups is 2. The van der Waals surface area contributed by atoms with Gasteiger partial charge in [0.1, 0.15) is 11.8 Å². The van der Waals surface area contributed by atoms with Crippen molar-refractivity contribution in [1.82, 2.24) is 5.32 Å². The van der Waals surface area contributed by atoms with E-state index in [0.29, 0.717) is 0 Å². The van der Waals surface area contributed by atoms with Crippen LogP contribution < -0.4 is 5.32 Å². The number of carboxylic acids is 1. The lowest BCUT2D eigenvalue weighted by molar-refractivity contribution is -0.141. The molecule has 24 heavy (non-hydrogen) atoms. The minimum absolute atomic E-state index is 0.115. The summed E-state index contributed by atoms with van der Waals surface area (Å²) < 4.78 is 0. The zero-order valence-corrected chi connectivity index (χ0v) is 14.4. The molecule has 1 amide bonds. The molecule has 0 aliphatic heterocycles. The number of phenols is 1. The SMILES string of the molecule is CC(C)=CCCC(C)=CC(=O)N[C@@H](Cc1ccc(O)cc1)C(=O)O. The van der Waals surface area contributed by atoms with Gasteiger partial charge >= 0.3 is 5.97 Å². The molecule has 130 valence electrons. The van der Waals surface area contributed by atoms with Gasteiger partial charge in [0.05, 0.1) is 0 Å².